The lowest BCUT2D eigenvalue weighted by Gasteiger charge is -2.16. The molecule has 0 spiro atoms. The lowest BCUT2D eigenvalue weighted by atomic mass is 9.92. The first-order valence-corrected chi connectivity index (χ1v) is 10.4. The molecule has 4 rings (SSSR count). The molecular weight excluding hydrogens is 369 g/mol. The molecule has 0 saturated carbocycles. The molecule has 142 valence electrons. The van der Waals surface area contributed by atoms with Gasteiger partial charge < -0.3 is 4.98 Å². The van der Waals surface area contributed by atoms with E-state index in [4.69, 9.17) is 0 Å². The minimum absolute atomic E-state index is 0.0592. The van der Waals surface area contributed by atoms with Crippen molar-refractivity contribution in [2.75, 3.05) is 6.54 Å². The highest BCUT2D eigenvalue weighted by Crippen LogP contribution is 2.24. The van der Waals surface area contributed by atoms with Crippen LogP contribution in [0, 0.1) is 5.82 Å². The van der Waals surface area contributed by atoms with Gasteiger partial charge in [0.05, 0.1) is 15.9 Å². The van der Waals surface area contributed by atoms with Gasteiger partial charge in [0.2, 0.25) is 10.0 Å². The minimum Gasteiger partial charge on any atom is -0.305 e. The highest BCUT2D eigenvalue weighted by Gasteiger charge is 2.18. The lowest BCUT2D eigenvalue weighted by molar-refractivity contribution is 0.572. The molecule has 0 atom stereocenters. The minimum atomic E-state index is -3.66. The Bertz CT molecular complexity index is 1160. The van der Waals surface area contributed by atoms with Crippen molar-refractivity contribution in [2.24, 2.45) is 0 Å². The molecule has 0 fully saturated rings. The van der Waals surface area contributed by atoms with Crippen molar-refractivity contribution in [1.82, 2.24) is 14.3 Å². The number of rotatable bonds is 5. The first-order chi connectivity index (χ1) is 12.9. The van der Waals surface area contributed by atoms with Gasteiger partial charge in [-0.2, -0.15) is 0 Å². The number of hydrogen-bond acceptors (Lipinski definition) is 3. The third kappa shape index (κ3) is 3.54. The largest absolute Gasteiger partial charge is 0.326 e. The molecule has 1 aliphatic carbocycles. The van der Waals surface area contributed by atoms with E-state index in [0.29, 0.717) is 11.0 Å². The molecule has 1 aliphatic rings. The normalized spacial score (nSPS) is 14.4. The fraction of sp³-hybridized carbons (Fsp3) is 0.316. The number of fused-ring (bicyclic) bond motifs is 2. The molecule has 6 nitrogen and oxygen atoms in total. The Morgan fingerprint density at radius 2 is 1.85 bits per heavy atom. The maximum atomic E-state index is 13.3. The summed E-state index contributed by atoms with van der Waals surface area (Å²) in [4.78, 5) is 14.9. The second kappa shape index (κ2) is 6.94. The molecule has 8 heteroatoms. The number of aromatic nitrogens is 2. The monoisotopic (exact) mass is 389 g/mol. The van der Waals surface area contributed by atoms with Crippen molar-refractivity contribution in [1.29, 1.82) is 0 Å². The molecule has 2 aromatic carbocycles. The summed E-state index contributed by atoms with van der Waals surface area (Å²) in [5, 5.41) is 0. The Morgan fingerprint density at radius 1 is 1.07 bits per heavy atom. The van der Waals surface area contributed by atoms with Gasteiger partial charge in [0, 0.05) is 13.1 Å². The second-order valence-corrected chi connectivity index (χ2v) is 8.55. The SMILES string of the molecule is O=c1[nH]c2cc(F)ccc2n1CCNS(=O)(=O)c1ccc2c(c1)CCCC2. The van der Waals surface area contributed by atoms with E-state index in [1.54, 1.807) is 12.1 Å². The number of nitrogens with zero attached hydrogens (tertiary/aromatic N) is 1. The number of benzene rings is 2. The predicted molar refractivity (Wildman–Crippen MR) is 101 cm³/mol. The van der Waals surface area contributed by atoms with Crippen LogP contribution in [0.15, 0.2) is 46.1 Å². The highest BCUT2D eigenvalue weighted by atomic mass is 32.2. The van der Waals surface area contributed by atoms with Gasteiger partial charge in [0.15, 0.2) is 0 Å². The smallest absolute Gasteiger partial charge is 0.305 e. The number of aromatic amines is 1. The predicted octanol–water partition coefficient (Wildman–Crippen LogP) is 2.33. The van der Waals surface area contributed by atoms with Gasteiger partial charge in [-0.05, 0) is 67.1 Å². The van der Waals surface area contributed by atoms with E-state index in [2.05, 4.69) is 9.71 Å². The van der Waals surface area contributed by atoms with E-state index in [-0.39, 0.29) is 18.0 Å². The molecule has 0 saturated heterocycles. The number of imidazole rings is 1. The molecular formula is C19H20FN3O3S. The van der Waals surface area contributed by atoms with Crippen molar-refractivity contribution in [3.63, 3.8) is 0 Å². The van der Waals surface area contributed by atoms with Crippen LogP contribution in [0.2, 0.25) is 0 Å². The zero-order chi connectivity index (χ0) is 19.0. The summed E-state index contributed by atoms with van der Waals surface area (Å²) in [6.45, 7) is 0.207. The highest BCUT2D eigenvalue weighted by molar-refractivity contribution is 7.89. The average molecular weight is 389 g/mol. The first-order valence-electron chi connectivity index (χ1n) is 8.93. The number of H-pyrrole nitrogens is 1. The molecule has 1 heterocycles. The standard InChI is InChI=1S/C19H20FN3O3S/c20-15-6-8-18-17(12-15)22-19(24)23(18)10-9-21-27(25,26)16-7-5-13-3-1-2-4-14(13)11-16/h5-8,11-12,21H,1-4,9-10H2,(H,22,24). The molecule has 0 amide bonds. The summed E-state index contributed by atoms with van der Waals surface area (Å²) in [6.07, 6.45) is 4.11. The number of aryl methyl sites for hydroxylation is 2. The van der Waals surface area contributed by atoms with Crippen LogP contribution in [-0.2, 0) is 29.4 Å². The van der Waals surface area contributed by atoms with Crippen LogP contribution in [0.25, 0.3) is 11.0 Å². The van der Waals surface area contributed by atoms with E-state index >= 15 is 0 Å². The molecule has 3 aromatic rings. The zero-order valence-corrected chi connectivity index (χ0v) is 15.5. The molecule has 1 aromatic heterocycles. The maximum absolute atomic E-state index is 13.3. The molecule has 27 heavy (non-hydrogen) atoms. The Labute approximate surface area is 156 Å². The number of halogens is 1. The fourth-order valence-electron chi connectivity index (χ4n) is 3.61. The summed E-state index contributed by atoms with van der Waals surface area (Å²) in [7, 11) is -3.66. The zero-order valence-electron chi connectivity index (χ0n) is 14.7. The van der Waals surface area contributed by atoms with Gasteiger partial charge in [-0.3, -0.25) is 4.57 Å². The number of hydrogen-bond donors (Lipinski definition) is 2. The third-order valence-corrected chi connectivity index (χ3v) is 6.45. The summed E-state index contributed by atoms with van der Waals surface area (Å²) >= 11 is 0. The van der Waals surface area contributed by atoms with Crippen LogP contribution < -0.4 is 10.4 Å². The second-order valence-electron chi connectivity index (χ2n) is 6.78. The Hall–Kier alpha value is -2.45. The van der Waals surface area contributed by atoms with E-state index in [9.17, 15) is 17.6 Å². The van der Waals surface area contributed by atoms with Crippen LogP contribution in [0.4, 0.5) is 4.39 Å². The third-order valence-electron chi connectivity index (χ3n) is 4.99. The van der Waals surface area contributed by atoms with Gasteiger partial charge in [0.1, 0.15) is 5.82 Å². The average Bonchev–Trinajstić information content (AvgIpc) is 2.95. The van der Waals surface area contributed by atoms with Crippen LogP contribution in [0.1, 0.15) is 24.0 Å². The van der Waals surface area contributed by atoms with Crippen molar-refractivity contribution in [3.05, 3.63) is 63.8 Å². The van der Waals surface area contributed by atoms with Crippen molar-refractivity contribution >= 4 is 21.1 Å². The van der Waals surface area contributed by atoms with E-state index in [1.807, 2.05) is 6.07 Å². The fourth-order valence-corrected chi connectivity index (χ4v) is 4.68. The number of nitrogens with one attached hydrogen (secondary N) is 2. The molecule has 0 unspecified atom stereocenters. The molecule has 2 N–H and O–H groups in total. The quantitative estimate of drug-likeness (QED) is 0.702. The molecule has 0 bridgehead atoms. The van der Waals surface area contributed by atoms with Crippen LogP contribution >= 0.6 is 0 Å². The Kier molecular flexibility index (Phi) is 4.61. The van der Waals surface area contributed by atoms with Crippen molar-refractivity contribution in [3.8, 4) is 0 Å². The van der Waals surface area contributed by atoms with E-state index < -0.39 is 21.5 Å². The van der Waals surface area contributed by atoms with Gasteiger partial charge in [-0.15, -0.1) is 0 Å². The van der Waals surface area contributed by atoms with Crippen LogP contribution in [0.5, 0.6) is 0 Å². The summed E-state index contributed by atoms with van der Waals surface area (Å²) in [5.41, 5.74) is 2.84. The van der Waals surface area contributed by atoms with Gasteiger partial charge in [0.25, 0.3) is 0 Å². The summed E-state index contributed by atoms with van der Waals surface area (Å²) < 4.78 is 42.4. The topological polar surface area (TPSA) is 84.0 Å². The lowest BCUT2D eigenvalue weighted by Crippen LogP contribution is -2.30. The Morgan fingerprint density at radius 3 is 2.67 bits per heavy atom. The maximum Gasteiger partial charge on any atom is 0.326 e. The summed E-state index contributed by atoms with van der Waals surface area (Å²) in [6, 6.07) is 9.28. The number of sulfonamides is 1. The van der Waals surface area contributed by atoms with Crippen molar-refractivity contribution in [2.45, 2.75) is 37.1 Å². The van der Waals surface area contributed by atoms with E-state index in [1.165, 1.54) is 28.3 Å². The van der Waals surface area contributed by atoms with Crippen molar-refractivity contribution < 1.29 is 12.8 Å². The van der Waals surface area contributed by atoms with Gasteiger partial charge >= 0.3 is 5.69 Å². The molecule has 0 aliphatic heterocycles. The summed E-state index contributed by atoms with van der Waals surface area (Å²) in [5.74, 6) is -0.441. The van der Waals surface area contributed by atoms with E-state index in [0.717, 1.165) is 31.2 Å². The van der Waals surface area contributed by atoms with Crippen LogP contribution in [0.3, 0.4) is 0 Å². The first kappa shape index (κ1) is 17.9. The van der Waals surface area contributed by atoms with Gasteiger partial charge in [-0.1, -0.05) is 6.07 Å². The Balaban J connectivity index is 1.50. The van der Waals surface area contributed by atoms with Gasteiger partial charge in [-0.25, -0.2) is 22.3 Å². The molecule has 0 radical (unpaired) electrons. The van der Waals surface area contributed by atoms with Crippen LogP contribution in [-0.4, -0.2) is 24.5 Å².